The van der Waals surface area contributed by atoms with E-state index in [0.29, 0.717) is 13.1 Å². The van der Waals surface area contributed by atoms with Crippen molar-refractivity contribution in [2.24, 2.45) is 0 Å². The van der Waals surface area contributed by atoms with Gasteiger partial charge >= 0.3 is 11.9 Å². The average Bonchev–Trinajstić information content (AvgIpc) is 2.25. The van der Waals surface area contributed by atoms with Gasteiger partial charge in [-0.1, -0.05) is 0 Å². The van der Waals surface area contributed by atoms with Gasteiger partial charge in [0.1, 0.15) is 0 Å². The van der Waals surface area contributed by atoms with Gasteiger partial charge < -0.3 is 20.0 Å². The fourth-order valence-corrected chi connectivity index (χ4v) is 1.74. The first-order valence-corrected chi connectivity index (χ1v) is 5.46. The van der Waals surface area contributed by atoms with Crippen molar-refractivity contribution in [1.82, 2.24) is 9.80 Å². The van der Waals surface area contributed by atoms with Crippen molar-refractivity contribution in [2.75, 3.05) is 39.3 Å². The smallest absolute Gasteiger partial charge is 0.304 e. The summed E-state index contributed by atoms with van der Waals surface area (Å²) in [6.07, 6.45) is 0.351. The summed E-state index contributed by atoms with van der Waals surface area (Å²) in [7, 11) is 0. The number of piperazine rings is 1. The van der Waals surface area contributed by atoms with Gasteiger partial charge in [-0.2, -0.15) is 0 Å². The van der Waals surface area contributed by atoms with E-state index in [9.17, 15) is 9.59 Å². The Kier molecular flexibility index (Phi) is 5.21. The Hall–Kier alpha value is -1.14. The first kappa shape index (κ1) is 12.9. The van der Waals surface area contributed by atoms with Crippen LogP contribution in [0.5, 0.6) is 0 Å². The third kappa shape index (κ3) is 5.09. The molecule has 1 fully saturated rings. The van der Waals surface area contributed by atoms with Crippen LogP contribution in [-0.4, -0.2) is 71.2 Å². The van der Waals surface area contributed by atoms with Crippen LogP contribution in [0.25, 0.3) is 0 Å². The highest BCUT2D eigenvalue weighted by Gasteiger charge is 2.17. The zero-order chi connectivity index (χ0) is 12.0. The lowest BCUT2D eigenvalue weighted by Gasteiger charge is -2.34. The molecule has 0 spiro atoms. The Morgan fingerprint density at radius 3 is 1.38 bits per heavy atom. The maximum atomic E-state index is 10.4. The van der Waals surface area contributed by atoms with E-state index in [2.05, 4.69) is 9.80 Å². The van der Waals surface area contributed by atoms with Gasteiger partial charge in [0, 0.05) is 39.3 Å². The quantitative estimate of drug-likeness (QED) is 0.643. The number of carbonyl (C=O) groups is 2. The fourth-order valence-electron chi connectivity index (χ4n) is 1.74. The van der Waals surface area contributed by atoms with Crippen LogP contribution in [0.1, 0.15) is 12.8 Å². The Labute approximate surface area is 94.4 Å². The minimum atomic E-state index is -0.770. The molecule has 0 atom stereocenters. The molecular weight excluding hydrogens is 212 g/mol. The summed E-state index contributed by atoms with van der Waals surface area (Å²) in [5.74, 6) is -1.54. The molecule has 0 aromatic rings. The minimum Gasteiger partial charge on any atom is -0.481 e. The van der Waals surface area contributed by atoms with Crippen LogP contribution in [0.15, 0.2) is 0 Å². The number of carboxylic acid groups (broad SMARTS) is 2. The largest absolute Gasteiger partial charge is 0.481 e. The molecule has 1 rings (SSSR count). The van der Waals surface area contributed by atoms with Crippen LogP contribution in [0.3, 0.4) is 0 Å². The second-order valence-corrected chi connectivity index (χ2v) is 3.97. The van der Waals surface area contributed by atoms with E-state index in [4.69, 9.17) is 10.2 Å². The molecule has 6 heteroatoms. The molecule has 16 heavy (non-hydrogen) atoms. The summed E-state index contributed by atoms with van der Waals surface area (Å²) < 4.78 is 0. The van der Waals surface area contributed by atoms with Crippen LogP contribution >= 0.6 is 0 Å². The van der Waals surface area contributed by atoms with Crippen molar-refractivity contribution in [1.29, 1.82) is 0 Å². The molecule has 2 N–H and O–H groups in total. The highest BCUT2D eigenvalue weighted by molar-refractivity contribution is 5.67. The summed E-state index contributed by atoms with van der Waals surface area (Å²) in [6, 6.07) is 0. The molecule has 0 radical (unpaired) electrons. The Morgan fingerprint density at radius 2 is 1.12 bits per heavy atom. The lowest BCUT2D eigenvalue weighted by atomic mass is 10.2. The topological polar surface area (TPSA) is 81.1 Å². The van der Waals surface area contributed by atoms with E-state index in [1.807, 2.05) is 0 Å². The molecule has 1 aliphatic heterocycles. The first-order valence-electron chi connectivity index (χ1n) is 5.46. The number of aliphatic carboxylic acids is 2. The van der Waals surface area contributed by atoms with Gasteiger partial charge in [0.15, 0.2) is 0 Å². The molecule has 1 aliphatic rings. The predicted molar refractivity (Wildman–Crippen MR) is 57.4 cm³/mol. The second-order valence-electron chi connectivity index (χ2n) is 3.97. The van der Waals surface area contributed by atoms with Gasteiger partial charge in [0.25, 0.3) is 0 Å². The minimum absolute atomic E-state index is 0.176. The third-order valence-electron chi connectivity index (χ3n) is 2.75. The van der Waals surface area contributed by atoms with Crippen molar-refractivity contribution in [2.45, 2.75) is 12.8 Å². The number of rotatable bonds is 6. The van der Waals surface area contributed by atoms with Crippen molar-refractivity contribution < 1.29 is 19.8 Å². The Bertz CT molecular complexity index is 223. The summed E-state index contributed by atoms with van der Waals surface area (Å²) in [5, 5.41) is 17.1. The third-order valence-corrected chi connectivity index (χ3v) is 2.75. The summed E-state index contributed by atoms with van der Waals surface area (Å²) in [5.41, 5.74) is 0. The van der Waals surface area contributed by atoms with E-state index in [1.165, 1.54) is 0 Å². The van der Waals surface area contributed by atoms with E-state index < -0.39 is 11.9 Å². The normalized spacial score (nSPS) is 18.5. The molecule has 0 saturated carbocycles. The summed E-state index contributed by atoms with van der Waals surface area (Å²) in [6.45, 7) is 4.48. The van der Waals surface area contributed by atoms with Gasteiger partial charge in [0.2, 0.25) is 0 Å². The Morgan fingerprint density at radius 1 is 0.812 bits per heavy atom. The molecule has 0 aromatic heterocycles. The summed E-state index contributed by atoms with van der Waals surface area (Å²) in [4.78, 5) is 25.0. The molecule has 92 valence electrons. The molecule has 6 nitrogen and oxygen atoms in total. The molecule has 0 aliphatic carbocycles. The van der Waals surface area contributed by atoms with Crippen LogP contribution < -0.4 is 0 Å². The monoisotopic (exact) mass is 230 g/mol. The number of hydrogen-bond donors (Lipinski definition) is 2. The number of hydrogen-bond acceptors (Lipinski definition) is 4. The average molecular weight is 230 g/mol. The zero-order valence-corrected chi connectivity index (χ0v) is 9.26. The second kappa shape index (κ2) is 6.44. The van der Waals surface area contributed by atoms with Gasteiger partial charge in [-0.05, 0) is 0 Å². The van der Waals surface area contributed by atoms with Gasteiger partial charge in [-0.15, -0.1) is 0 Å². The van der Waals surface area contributed by atoms with Crippen LogP contribution in [0.4, 0.5) is 0 Å². The molecule has 0 amide bonds. The molecular formula is C10H18N2O4. The molecule has 1 saturated heterocycles. The Balaban J connectivity index is 2.13. The highest BCUT2D eigenvalue weighted by Crippen LogP contribution is 2.03. The summed E-state index contributed by atoms with van der Waals surface area (Å²) >= 11 is 0. The lowest BCUT2D eigenvalue weighted by Crippen LogP contribution is -2.47. The van der Waals surface area contributed by atoms with E-state index >= 15 is 0 Å². The highest BCUT2D eigenvalue weighted by atomic mass is 16.4. The van der Waals surface area contributed by atoms with Crippen LogP contribution in [-0.2, 0) is 9.59 Å². The standard InChI is InChI=1S/C10H18N2O4/c13-9(14)1-3-11-5-7-12(8-6-11)4-2-10(15)16/h1-8H2,(H,13,14)(H,15,16). The van der Waals surface area contributed by atoms with Crippen molar-refractivity contribution in [3.05, 3.63) is 0 Å². The molecule has 0 aromatic carbocycles. The maximum Gasteiger partial charge on any atom is 0.304 e. The van der Waals surface area contributed by atoms with Crippen LogP contribution in [0, 0.1) is 0 Å². The number of nitrogens with zero attached hydrogens (tertiary/aromatic N) is 2. The molecule has 1 heterocycles. The maximum absolute atomic E-state index is 10.4. The zero-order valence-electron chi connectivity index (χ0n) is 9.26. The SMILES string of the molecule is O=C(O)CCN1CCN(CCC(=O)O)CC1. The van der Waals surface area contributed by atoms with Crippen molar-refractivity contribution in [3.63, 3.8) is 0 Å². The van der Waals surface area contributed by atoms with Crippen molar-refractivity contribution >= 4 is 11.9 Å². The van der Waals surface area contributed by atoms with Crippen LogP contribution in [0.2, 0.25) is 0 Å². The molecule has 0 bridgehead atoms. The van der Waals surface area contributed by atoms with E-state index in [1.54, 1.807) is 0 Å². The predicted octanol–water partition coefficient (Wildman–Crippen LogP) is -0.447. The van der Waals surface area contributed by atoms with Gasteiger partial charge in [-0.3, -0.25) is 9.59 Å². The van der Waals surface area contributed by atoms with Crippen molar-refractivity contribution in [3.8, 4) is 0 Å². The van der Waals surface area contributed by atoms with E-state index in [0.717, 1.165) is 26.2 Å². The van der Waals surface area contributed by atoms with Gasteiger partial charge in [0.05, 0.1) is 12.8 Å². The lowest BCUT2D eigenvalue weighted by molar-refractivity contribution is -0.138. The molecule has 0 unspecified atom stereocenters. The number of carboxylic acids is 2. The van der Waals surface area contributed by atoms with E-state index in [-0.39, 0.29) is 12.8 Å². The van der Waals surface area contributed by atoms with Gasteiger partial charge in [-0.25, -0.2) is 0 Å². The fraction of sp³-hybridized carbons (Fsp3) is 0.800. The first-order chi connectivity index (χ1) is 7.58.